The third-order valence-electron chi connectivity index (χ3n) is 3.06. The van der Waals surface area contributed by atoms with Crippen molar-refractivity contribution in [3.8, 4) is 0 Å². The molecule has 0 radical (unpaired) electrons. The number of halogens is 4. The number of piperazine rings is 1. The highest BCUT2D eigenvalue weighted by Crippen LogP contribution is 2.25. The zero-order valence-electron chi connectivity index (χ0n) is 9.83. The van der Waals surface area contributed by atoms with Gasteiger partial charge in [-0.2, -0.15) is 0 Å². The Morgan fingerprint density at radius 2 is 2.00 bits per heavy atom. The number of hydrogen-bond acceptors (Lipinski definition) is 2. The second-order valence-electron chi connectivity index (χ2n) is 4.12. The summed E-state index contributed by atoms with van der Waals surface area (Å²) < 4.78 is 27.9. The van der Waals surface area contributed by atoms with Crippen LogP contribution in [-0.4, -0.2) is 37.8 Å². The van der Waals surface area contributed by atoms with Crippen molar-refractivity contribution in [3.63, 3.8) is 0 Å². The summed E-state index contributed by atoms with van der Waals surface area (Å²) in [6.07, 6.45) is 0. The van der Waals surface area contributed by atoms with Gasteiger partial charge in [0.25, 0.3) is 0 Å². The summed E-state index contributed by atoms with van der Waals surface area (Å²) in [7, 11) is 0. The van der Waals surface area contributed by atoms with E-state index in [1.54, 1.807) is 12.1 Å². The van der Waals surface area contributed by atoms with Crippen LogP contribution >= 0.6 is 35.0 Å². The van der Waals surface area contributed by atoms with E-state index in [1.807, 2.05) is 4.90 Å². The van der Waals surface area contributed by atoms with E-state index < -0.39 is 12.7 Å². The molecule has 2 nitrogen and oxygen atoms in total. The van der Waals surface area contributed by atoms with Crippen LogP contribution in [0.25, 0.3) is 0 Å². The van der Waals surface area contributed by atoms with Crippen LogP contribution in [0, 0.1) is 9.39 Å². The first-order valence-electron chi connectivity index (χ1n) is 5.68. The van der Waals surface area contributed by atoms with Gasteiger partial charge in [0.05, 0.1) is 6.04 Å². The first-order valence-corrected chi connectivity index (χ1v) is 6.76. The topological polar surface area (TPSA) is 15.3 Å². The Balaban J connectivity index is 0.00000162. The number of hydrogen-bond donors (Lipinski definition) is 1. The second kappa shape index (κ2) is 7.57. The molecule has 1 N–H and O–H groups in total. The molecule has 0 unspecified atom stereocenters. The van der Waals surface area contributed by atoms with Gasteiger partial charge in [0.15, 0.2) is 0 Å². The third-order valence-corrected chi connectivity index (χ3v) is 3.73. The Bertz CT molecular complexity index is 386. The molecule has 2 rings (SSSR count). The van der Waals surface area contributed by atoms with Gasteiger partial charge in [-0.25, -0.2) is 8.78 Å². The molecule has 1 heterocycles. The minimum atomic E-state index is -0.545. The minimum Gasteiger partial charge on any atom is -0.314 e. The van der Waals surface area contributed by atoms with Crippen LogP contribution < -0.4 is 5.32 Å². The van der Waals surface area contributed by atoms with Gasteiger partial charge in [-0.3, -0.25) is 4.90 Å². The highest BCUT2D eigenvalue weighted by molar-refractivity contribution is 14.1. The zero-order valence-corrected chi connectivity index (χ0v) is 12.8. The van der Waals surface area contributed by atoms with Crippen molar-refractivity contribution in [2.24, 2.45) is 0 Å². The van der Waals surface area contributed by atoms with Crippen LogP contribution in [0.15, 0.2) is 18.2 Å². The van der Waals surface area contributed by atoms with E-state index in [2.05, 4.69) is 27.9 Å². The van der Waals surface area contributed by atoms with E-state index in [4.69, 9.17) is 0 Å². The average Bonchev–Trinajstić information content (AvgIpc) is 2.36. The fourth-order valence-corrected chi connectivity index (χ4v) is 2.66. The molecule has 1 aliphatic heterocycles. The van der Waals surface area contributed by atoms with Crippen LogP contribution in [0.1, 0.15) is 11.6 Å². The predicted molar refractivity (Wildman–Crippen MR) is 79.5 cm³/mol. The average molecular weight is 389 g/mol. The van der Waals surface area contributed by atoms with Crippen molar-refractivity contribution in [1.29, 1.82) is 0 Å². The molecule has 0 aromatic heterocycles. The van der Waals surface area contributed by atoms with Gasteiger partial charge in [-0.1, -0.05) is 0 Å². The third kappa shape index (κ3) is 3.76. The van der Waals surface area contributed by atoms with E-state index in [0.29, 0.717) is 5.56 Å². The molecule has 1 aromatic rings. The second-order valence-corrected chi connectivity index (χ2v) is 5.37. The van der Waals surface area contributed by atoms with E-state index in [-0.39, 0.29) is 18.2 Å². The van der Waals surface area contributed by atoms with Crippen molar-refractivity contribution in [3.05, 3.63) is 33.1 Å². The van der Waals surface area contributed by atoms with Gasteiger partial charge < -0.3 is 5.32 Å². The van der Waals surface area contributed by atoms with E-state index in [9.17, 15) is 8.78 Å². The molecule has 0 spiro atoms. The lowest BCUT2D eigenvalue weighted by molar-refractivity contribution is 0.144. The van der Waals surface area contributed by atoms with Gasteiger partial charge in [0, 0.05) is 35.3 Å². The first-order chi connectivity index (χ1) is 8.22. The lowest BCUT2D eigenvalue weighted by Gasteiger charge is -2.33. The number of alkyl halides is 1. The molecule has 1 saturated heterocycles. The maximum absolute atomic E-state index is 13.7. The number of benzene rings is 1. The zero-order chi connectivity index (χ0) is 12.3. The fourth-order valence-electron chi connectivity index (χ4n) is 2.14. The smallest absolute Gasteiger partial charge is 0.128 e. The van der Waals surface area contributed by atoms with Gasteiger partial charge in [0.2, 0.25) is 0 Å². The maximum Gasteiger partial charge on any atom is 0.128 e. The van der Waals surface area contributed by atoms with Crippen LogP contribution in [0.4, 0.5) is 8.78 Å². The number of nitrogens with one attached hydrogen (secondary N) is 1. The predicted octanol–water partition coefficient (Wildman–Crippen LogP) is 2.77. The fraction of sp³-hybridized carbons (Fsp3) is 0.500. The monoisotopic (exact) mass is 388 g/mol. The molecule has 1 aliphatic rings. The highest BCUT2D eigenvalue weighted by Gasteiger charge is 2.24. The summed E-state index contributed by atoms with van der Waals surface area (Å²) in [5, 5.41) is 3.21. The lowest BCUT2D eigenvalue weighted by Crippen LogP contribution is -2.45. The normalized spacial score (nSPS) is 18.2. The summed E-state index contributed by atoms with van der Waals surface area (Å²) in [4.78, 5) is 2.00. The van der Waals surface area contributed by atoms with Gasteiger partial charge in [-0.15, -0.1) is 12.4 Å². The molecule has 0 saturated carbocycles. The van der Waals surface area contributed by atoms with E-state index >= 15 is 0 Å². The summed E-state index contributed by atoms with van der Waals surface area (Å²) >= 11 is 2.12. The molecule has 1 aromatic carbocycles. The molecular formula is C12H16ClF2IN2. The van der Waals surface area contributed by atoms with Crippen molar-refractivity contribution in [1.82, 2.24) is 10.2 Å². The van der Waals surface area contributed by atoms with Gasteiger partial charge in [-0.05, 0) is 40.8 Å². The molecule has 1 fully saturated rings. The largest absolute Gasteiger partial charge is 0.314 e. The van der Waals surface area contributed by atoms with E-state index in [1.165, 1.54) is 6.07 Å². The molecule has 0 bridgehead atoms. The molecule has 6 heteroatoms. The summed E-state index contributed by atoms with van der Waals surface area (Å²) in [5.74, 6) is -0.313. The molecule has 1 atom stereocenters. The minimum absolute atomic E-state index is 0. The van der Waals surface area contributed by atoms with Crippen molar-refractivity contribution >= 4 is 35.0 Å². The quantitative estimate of drug-likeness (QED) is 0.801. The van der Waals surface area contributed by atoms with Gasteiger partial charge >= 0.3 is 0 Å². The highest BCUT2D eigenvalue weighted by atomic mass is 127. The Kier molecular flexibility index (Phi) is 6.76. The van der Waals surface area contributed by atoms with Crippen LogP contribution in [0.3, 0.4) is 0 Å². The van der Waals surface area contributed by atoms with Crippen LogP contribution in [0.5, 0.6) is 0 Å². The summed E-state index contributed by atoms with van der Waals surface area (Å²) in [6, 6.07) is 4.41. The molecule has 18 heavy (non-hydrogen) atoms. The maximum atomic E-state index is 13.7. The Labute approximate surface area is 126 Å². The summed E-state index contributed by atoms with van der Waals surface area (Å²) in [5.41, 5.74) is 0.473. The molecule has 0 amide bonds. The van der Waals surface area contributed by atoms with Gasteiger partial charge in [0.1, 0.15) is 12.5 Å². The Morgan fingerprint density at radius 1 is 1.33 bits per heavy atom. The standard InChI is InChI=1S/C12H15F2IN2.ClH/c13-8-12(17-5-3-16-4-6-17)10-7-9(15)1-2-11(10)14;/h1-2,7,12,16H,3-6,8H2;1H/t12-;/m1./s1. The molecule has 102 valence electrons. The lowest BCUT2D eigenvalue weighted by atomic mass is 10.1. The first kappa shape index (κ1) is 16.1. The SMILES string of the molecule is Cl.FC[C@H](c1cc(I)ccc1F)N1CCNCC1. The van der Waals surface area contributed by atoms with Crippen molar-refractivity contribution in [2.75, 3.05) is 32.9 Å². The van der Waals surface area contributed by atoms with E-state index in [0.717, 1.165) is 29.7 Å². The Hall–Kier alpha value is 0.0200. The Morgan fingerprint density at radius 3 is 2.61 bits per heavy atom. The van der Waals surface area contributed by atoms with Crippen LogP contribution in [-0.2, 0) is 0 Å². The summed E-state index contributed by atoms with van der Waals surface area (Å²) in [6.45, 7) is 2.65. The number of nitrogens with zero attached hydrogens (tertiary/aromatic N) is 1. The number of rotatable bonds is 3. The van der Waals surface area contributed by atoms with Crippen LogP contribution in [0.2, 0.25) is 0 Å². The van der Waals surface area contributed by atoms with Crippen molar-refractivity contribution in [2.45, 2.75) is 6.04 Å². The van der Waals surface area contributed by atoms with Crippen molar-refractivity contribution < 1.29 is 8.78 Å². The molecule has 0 aliphatic carbocycles. The molecular weight excluding hydrogens is 372 g/mol.